The molecule has 3 aromatic carbocycles. The van der Waals surface area contributed by atoms with Gasteiger partial charge in [-0.3, -0.25) is 9.59 Å². The van der Waals surface area contributed by atoms with Crippen LogP contribution in [0, 0.1) is 19.7 Å². The standard InChI is InChI=1S/C25H23FN2O2/c1-16-6-5-9-22(17(16)2)27-24(29)14-23(18-10-12-20(26)13-11-18)28-15-19-7-3-4-8-21(19)25(28)30/h3-13,23H,14-15H2,1-2H3,(H,27,29). The third-order valence-electron chi connectivity index (χ3n) is 5.74. The first kappa shape index (κ1) is 19.8. The normalized spacial score (nSPS) is 13.8. The topological polar surface area (TPSA) is 49.4 Å². The van der Waals surface area contributed by atoms with Crippen LogP contribution in [0.2, 0.25) is 0 Å². The third kappa shape index (κ3) is 3.83. The predicted octanol–water partition coefficient (Wildman–Crippen LogP) is 5.17. The number of aryl methyl sites for hydroxylation is 1. The lowest BCUT2D eigenvalue weighted by molar-refractivity contribution is -0.117. The van der Waals surface area contributed by atoms with Gasteiger partial charge in [-0.25, -0.2) is 4.39 Å². The van der Waals surface area contributed by atoms with E-state index in [-0.39, 0.29) is 24.1 Å². The smallest absolute Gasteiger partial charge is 0.255 e. The lowest BCUT2D eigenvalue weighted by atomic mass is 10.0. The van der Waals surface area contributed by atoms with Crippen LogP contribution < -0.4 is 5.32 Å². The molecule has 5 heteroatoms. The highest BCUT2D eigenvalue weighted by Crippen LogP contribution is 2.34. The minimum atomic E-state index is -0.490. The zero-order valence-corrected chi connectivity index (χ0v) is 17.0. The molecule has 0 aromatic heterocycles. The van der Waals surface area contributed by atoms with E-state index in [0.717, 1.165) is 27.9 Å². The van der Waals surface area contributed by atoms with Crippen molar-refractivity contribution in [1.82, 2.24) is 4.90 Å². The van der Waals surface area contributed by atoms with E-state index in [1.807, 2.05) is 50.2 Å². The van der Waals surface area contributed by atoms with Gasteiger partial charge in [-0.05, 0) is 60.4 Å². The van der Waals surface area contributed by atoms with E-state index in [9.17, 15) is 14.0 Å². The van der Waals surface area contributed by atoms with Gasteiger partial charge in [-0.1, -0.05) is 42.5 Å². The first-order valence-corrected chi connectivity index (χ1v) is 9.94. The van der Waals surface area contributed by atoms with Crippen LogP contribution in [0.3, 0.4) is 0 Å². The number of carbonyl (C=O) groups excluding carboxylic acids is 2. The van der Waals surface area contributed by atoms with Gasteiger partial charge in [0.25, 0.3) is 5.91 Å². The number of anilines is 1. The molecule has 30 heavy (non-hydrogen) atoms. The van der Waals surface area contributed by atoms with Crippen LogP contribution in [0.15, 0.2) is 66.7 Å². The Hall–Kier alpha value is -3.47. The van der Waals surface area contributed by atoms with Crippen LogP contribution in [-0.4, -0.2) is 16.7 Å². The maximum absolute atomic E-state index is 13.5. The van der Waals surface area contributed by atoms with E-state index in [4.69, 9.17) is 0 Å². The SMILES string of the molecule is Cc1cccc(NC(=O)CC(c2ccc(F)cc2)N2Cc3ccccc3C2=O)c1C. The number of fused-ring (bicyclic) bond motifs is 1. The van der Waals surface area contributed by atoms with Crippen LogP contribution in [-0.2, 0) is 11.3 Å². The lowest BCUT2D eigenvalue weighted by Crippen LogP contribution is -2.32. The molecular formula is C25H23FN2O2. The fourth-order valence-corrected chi connectivity index (χ4v) is 3.88. The highest BCUT2D eigenvalue weighted by Gasteiger charge is 2.34. The number of halogens is 1. The van der Waals surface area contributed by atoms with E-state index in [1.165, 1.54) is 12.1 Å². The molecule has 1 heterocycles. The van der Waals surface area contributed by atoms with Crippen molar-refractivity contribution in [3.63, 3.8) is 0 Å². The zero-order valence-electron chi connectivity index (χ0n) is 17.0. The molecule has 0 radical (unpaired) electrons. The fourth-order valence-electron chi connectivity index (χ4n) is 3.88. The Morgan fingerprint density at radius 2 is 1.77 bits per heavy atom. The number of hydrogen-bond acceptors (Lipinski definition) is 2. The average Bonchev–Trinajstić information content (AvgIpc) is 3.07. The van der Waals surface area contributed by atoms with Gasteiger partial charge in [0.2, 0.25) is 5.91 Å². The first-order chi connectivity index (χ1) is 14.4. The summed E-state index contributed by atoms with van der Waals surface area (Å²) in [4.78, 5) is 27.7. The molecule has 0 saturated heterocycles. The maximum Gasteiger partial charge on any atom is 0.255 e. The van der Waals surface area contributed by atoms with Crippen molar-refractivity contribution in [2.45, 2.75) is 32.9 Å². The van der Waals surface area contributed by atoms with Crippen molar-refractivity contribution in [1.29, 1.82) is 0 Å². The van der Waals surface area contributed by atoms with Crippen LogP contribution in [0.4, 0.5) is 10.1 Å². The van der Waals surface area contributed by atoms with Crippen molar-refractivity contribution >= 4 is 17.5 Å². The Morgan fingerprint density at radius 1 is 1.03 bits per heavy atom. The summed E-state index contributed by atoms with van der Waals surface area (Å²) in [7, 11) is 0. The van der Waals surface area contributed by atoms with Gasteiger partial charge in [0.05, 0.1) is 12.5 Å². The molecule has 0 fully saturated rings. The predicted molar refractivity (Wildman–Crippen MR) is 115 cm³/mol. The minimum Gasteiger partial charge on any atom is -0.327 e. The average molecular weight is 402 g/mol. The van der Waals surface area contributed by atoms with Gasteiger partial charge in [0.15, 0.2) is 0 Å². The third-order valence-corrected chi connectivity index (χ3v) is 5.74. The summed E-state index contributed by atoms with van der Waals surface area (Å²) in [6, 6.07) is 18.7. The molecule has 152 valence electrons. The molecule has 4 rings (SSSR count). The molecule has 4 nitrogen and oxygen atoms in total. The van der Waals surface area contributed by atoms with Gasteiger partial charge >= 0.3 is 0 Å². The molecule has 1 aliphatic heterocycles. The van der Waals surface area contributed by atoms with Gasteiger partial charge in [0.1, 0.15) is 5.82 Å². The second-order valence-corrected chi connectivity index (χ2v) is 7.66. The molecule has 0 saturated carbocycles. The van der Waals surface area contributed by atoms with Gasteiger partial charge in [-0.15, -0.1) is 0 Å². The van der Waals surface area contributed by atoms with Crippen molar-refractivity contribution in [3.05, 3.63) is 100 Å². The van der Waals surface area contributed by atoms with Gasteiger partial charge in [0, 0.05) is 17.8 Å². The minimum absolute atomic E-state index is 0.0821. The molecule has 1 unspecified atom stereocenters. The van der Waals surface area contributed by atoms with E-state index in [2.05, 4.69) is 5.32 Å². The molecule has 1 aliphatic rings. The fraction of sp³-hybridized carbons (Fsp3) is 0.200. The van der Waals surface area contributed by atoms with Crippen LogP contribution in [0.1, 0.15) is 45.1 Å². The Kier molecular flexibility index (Phi) is 5.36. The van der Waals surface area contributed by atoms with Crippen molar-refractivity contribution in [2.24, 2.45) is 0 Å². The second kappa shape index (κ2) is 8.11. The van der Waals surface area contributed by atoms with E-state index in [0.29, 0.717) is 12.1 Å². The van der Waals surface area contributed by atoms with E-state index in [1.54, 1.807) is 23.1 Å². The molecule has 3 aromatic rings. The highest BCUT2D eigenvalue weighted by molar-refractivity contribution is 5.99. The molecule has 2 amide bonds. The highest BCUT2D eigenvalue weighted by atomic mass is 19.1. The van der Waals surface area contributed by atoms with Gasteiger partial charge in [-0.2, -0.15) is 0 Å². The van der Waals surface area contributed by atoms with Crippen LogP contribution in [0.5, 0.6) is 0 Å². The maximum atomic E-state index is 13.5. The van der Waals surface area contributed by atoms with Crippen molar-refractivity contribution in [3.8, 4) is 0 Å². The summed E-state index contributed by atoms with van der Waals surface area (Å²) in [6.07, 6.45) is 0.0821. The summed E-state index contributed by atoms with van der Waals surface area (Å²) < 4.78 is 13.5. The van der Waals surface area contributed by atoms with Crippen molar-refractivity contribution < 1.29 is 14.0 Å². The quantitative estimate of drug-likeness (QED) is 0.640. The Morgan fingerprint density at radius 3 is 2.50 bits per heavy atom. The summed E-state index contributed by atoms with van der Waals surface area (Å²) in [5.41, 5.74) is 5.17. The Labute approximate surface area is 175 Å². The number of nitrogens with one attached hydrogen (secondary N) is 1. The summed E-state index contributed by atoms with van der Waals surface area (Å²) in [6.45, 7) is 4.38. The number of nitrogens with zero attached hydrogens (tertiary/aromatic N) is 1. The molecular weight excluding hydrogens is 379 g/mol. The lowest BCUT2D eigenvalue weighted by Gasteiger charge is -2.28. The molecule has 0 aliphatic carbocycles. The summed E-state index contributed by atoms with van der Waals surface area (Å²) in [5, 5.41) is 2.97. The monoisotopic (exact) mass is 402 g/mol. The van der Waals surface area contributed by atoms with E-state index >= 15 is 0 Å². The number of amides is 2. The largest absolute Gasteiger partial charge is 0.327 e. The molecule has 1 atom stereocenters. The number of carbonyl (C=O) groups is 2. The van der Waals surface area contributed by atoms with Gasteiger partial charge < -0.3 is 10.2 Å². The van der Waals surface area contributed by atoms with Crippen molar-refractivity contribution in [2.75, 3.05) is 5.32 Å². The summed E-state index contributed by atoms with van der Waals surface area (Å²) >= 11 is 0. The van der Waals surface area contributed by atoms with E-state index < -0.39 is 6.04 Å². The Balaban J connectivity index is 1.62. The first-order valence-electron chi connectivity index (χ1n) is 9.94. The summed E-state index contributed by atoms with van der Waals surface area (Å²) in [5.74, 6) is -0.658. The van der Waals surface area contributed by atoms with Crippen LogP contribution >= 0.6 is 0 Å². The zero-order chi connectivity index (χ0) is 21.3. The number of rotatable bonds is 5. The number of hydrogen-bond donors (Lipinski definition) is 1. The molecule has 1 N–H and O–H groups in total. The van der Waals surface area contributed by atoms with Crippen LogP contribution in [0.25, 0.3) is 0 Å². The second-order valence-electron chi connectivity index (χ2n) is 7.66. The number of benzene rings is 3. The Bertz CT molecular complexity index is 1110. The molecule has 0 spiro atoms. The molecule has 0 bridgehead atoms.